The summed E-state index contributed by atoms with van der Waals surface area (Å²) in [6, 6.07) is 31.7. The molecule has 0 saturated heterocycles. The summed E-state index contributed by atoms with van der Waals surface area (Å²) in [4.78, 5) is 0. The van der Waals surface area contributed by atoms with Gasteiger partial charge in [0.1, 0.15) is 0 Å². The molecule has 0 aliphatic heterocycles. The summed E-state index contributed by atoms with van der Waals surface area (Å²) >= 11 is 0. The Morgan fingerprint density at radius 3 is 1.92 bits per heavy atom. The van der Waals surface area contributed by atoms with Crippen LogP contribution in [-0.4, -0.2) is 32.7 Å². The highest BCUT2D eigenvalue weighted by atomic mass is 28.4. The van der Waals surface area contributed by atoms with Crippen LogP contribution in [0, 0.1) is 17.8 Å². The summed E-state index contributed by atoms with van der Waals surface area (Å²) in [5.41, 5.74) is 2.24. The molecule has 4 atom stereocenters. The number of ether oxygens (including phenoxy) is 1. The summed E-state index contributed by atoms with van der Waals surface area (Å²) in [5.74, 6) is 0.333. The smallest absolute Gasteiger partial charge is 0.261 e. The first kappa shape index (κ1) is 27.5. The fourth-order valence-corrected chi connectivity index (χ4v) is 10.8. The van der Waals surface area contributed by atoms with E-state index in [-0.39, 0.29) is 22.8 Å². The number of aliphatic hydroxyl groups excluding tert-OH is 1. The van der Waals surface area contributed by atoms with E-state index in [0.717, 1.165) is 11.1 Å². The number of hydrogen-bond acceptors (Lipinski definition) is 3. The largest absolute Gasteiger partial charge is 0.407 e. The molecule has 1 aliphatic carbocycles. The Kier molecular flexibility index (Phi) is 8.86. The van der Waals surface area contributed by atoms with E-state index in [1.54, 1.807) is 0 Å². The zero-order valence-corrected chi connectivity index (χ0v) is 23.8. The lowest BCUT2D eigenvalue weighted by molar-refractivity contribution is 0.0232. The third-order valence-corrected chi connectivity index (χ3v) is 13.0. The van der Waals surface area contributed by atoms with E-state index in [2.05, 4.69) is 107 Å². The Bertz CT molecular complexity index is 1080. The molecule has 4 heteroatoms. The quantitative estimate of drug-likeness (QED) is 0.268. The van der Waals surface area contributed by atoms with Crippen LogP contribution in [0.15, 0.2) is 103 Å². The second-order valence-electron chi connectivity index (χ2n) is 11.6. The Hall–Kier alpha value is -2.50. The second kappa shape index (κ2) is 11.9. The SMILES string of the molecule is C=C1C[C@H](O)[C@@H]([C@@H](C)CO[Si](c2ccccc2)(c2ccccc2)C(C)(C)C)[C@@H]1COCc1ccccc1. The minimum absolute atomic E-state index is 0.0569. The first-order chi connectivity index (χ1) is 17.7. The molecule has 1 aliphatic rings. The molecule has 196 valence electrons. The molecular formula is C33H42O3Si. The van der Waals surface area contributed by atoms with Crippen molar-refractivity contribution in [3.05, 3.63) is 109 Å². The van der Waals surface area contributed by atoms with Crippen LogP contribution in [0.5, 0.6) is 0 Å². The van der Waals surface area contributed by atoms with E-state index in [1.807, 2.05) is 18.2 Å². The van der Waals surface area contributed by atoms with Crippen molar-refractivity contribution in [3.8, 4) is 0 Å². The van der Waals surface area contributed by atoms with E-state index in [0.29, 0.717) is 26.2 Å². The van der Waals surface area contributed by atoms with Gasteiger partial charge in [0, 0.05) is 12.5 Å². The Morgan fingerprint density at radius 1 is 0.892 bits per heavy atom. The lowest BCUT2D eigenvalue weighted by atomic mass is 9.83. The van der Waals surface area contributed by atoms with Crippen molar-refractivity contribution in [3.63, 3.8) is 0 Å². The minimum Gasteiger partial charge on any atom is -0.407 e. The Labute approximate surface area is 224 Å². The van der Waals surface area contributed by atoms with Crippen LogP contribution in [0.3, 0.4) is 0 Å². The maximum atomic E-state index is 11.1. The van der Waals surface area contributed by atoms with Gasteiger partial charge >= 0.3 is 0 Å². The molecule has 0 spiro atoms. The van der Waals surface area contributed by atoms with E-state index in [9.17, 15) is 5.11 Å². The topological polar surface area (TPSA) is 38.7 Å². The highest BCUT2D eigenvalue weighted by Gasteiger charge is 2.51. The van der Waals surface area contributed by atoms with Gasteiger partial charge in [-0.05, 0) is 39.2 Å². The third kappa shape index (κ3) is 5.99. The van der Waals surface area contributed by atoms with Crippen LogP contribution in [0.1, 0.15) is 39.7 Å². The molecule has 4 rings (SSSR count). The minimum atomic E-state index is -2.63. The molecule has 1 saturated carbocycles. The standard InChI is InChI=1S/C33H42O3Si/c1-25-21-31(34)32(30(25)24-35-23-27-15-9-6-10-16-27)26(2)22-36-37(33(3,4)5,28-17-11-7-12-18-28)29-19-13-8-14-20-29/h6-20,26,30-32,34H,1,21-24H2,2-5H3/t26-,30+,31-,32-/m0/s1. The van der Waals surface area contributed by atoms with Crippen molar-refractivity contribution in [2.24, 2.45) is 17.8 Å². The van der Waals surface area contributed by atoms with Gasteiger partial charge in [-0.25, -0.2) is 0 Å². The maximum Gasteiger partial charge on any atom is 0.261 e. The summed E-state index contributed by atoms with van der Waals surface area (Å²) in [6.07, 6.45) is 0.212. The monoisotopic (exact) mass is 514 g/mol. The molecule has 0 heterocycles. The van der Waals surface area contributed by atoms with Gasteiger partial charge in [-0.2, -0.15) is 0 Å². The van der Waals surface area contributed by atoms with Crippen molar-refractivity contribution < 1.29 is 14.3 Å². The molecule has 0 bridgehead atoms. The summed E-state index contributed by atoms with van der Waals surface area (Å²) in [6.45, 7) is 15.2. The molecule has 0 amide bonds. The van der Waals surface area contributed by atoms with E-state index in [4.69, 9.17) is 9.16 Å². The number of hydrogen-bond donors (Lipinski definition) is 1. The molecule has 3 aromatic rings. The molecule has 1 N–H and O–H groups in total. The van der Waals surface area contributed by atoms with E-state index < -0.39 is 14.4 Å². The predicted molar refractivity (Wildman–Crippen MR) is 156 cm³/mol. The predicted octanol–water partition coefficient (Wildman–Crippen LogP) is 5.97. The van der Waals surface area contributed by atoms with Crippen molar-refractivity contribution in [1.82, 2.24) is 0 Å². The maximum absolute atomic E-state index is 11.1. The molecule has 0 radical (unpaired) electrons. The highest BCUT2D eigenvalue weighted by molar-refractivity contribution is 6.99. The van der Waals surface area contributed by atoms with Crippen LogP contribution in [0.4, 0.5) is 0 Å². The lowest BCUT2D eigenvalue weighted by Crippen LogP contribution is -2.67. The zero-order valence-electron chi connectivity index (χ0n) is 22.8. The first-order valence-corrected chi connectivity index (χ1v) is 15.4. The Morgan fingerprint density at radius 2 is 1.41 bits per heavy atom. The van der Waals surface area contributed by atoms with Crippen molar-refractivity contribution in [1.29, 1.82) is 0 Å². The van der Waals surface area contributed by atoms with Crippen LogP contribution in [0.2, 0.25) is 5.04 Å². The number of aliphatic hydroxyl groups is 1. The molecule has 37 heavy (non-hydrogen) atoms. The fourth-order valence-electron chi connectivity index (χ4n) is 6.11. The summed E-state index contributed by atoms with van der Waals surface area (Å²) < 4.78 is 13.3. The average molecular weight is 515 g/mol. The van der Waals surface area contributed by atoms with Gasteiger partial charge in [-0.1, -0.05) is 131 Å². The molecule has 0 aromatic heterocycles. The van der Waals surface area contributed by atoms with Gasteiger partial charge < -0.3 is 14.3 Å². The third-order valence-electron chi connectivity index (χ3n) is 7.95. The fraction of sp³-hybridized carbons (Fsp3) is 0.394. The van der Waals surface area contributed by atoms with Gasteiger partial charge in [-0.3, -0.25) is 0 Å². The van der Waals surface area contributed by atoms with Gasteiger partial charge in [-0.15, -0.1) is 0 Å². The van der Waals surface area contributed by atoms with E-state index >= 15 is 0 Å². The van der Waals surface area contributed by atoms with Gasteiger partial charge in [0.25, 0.3) is 8.32 Å². The molecule has 3 aromatic carbocycles. The number of rotatable bonds is 10. The normalized spacial score (nSPS) is 21.2. The molecule has 3 nitrogen and oxygen atoms in total. The van der Waals surface area contributed by atoms with Crippen LogP contribution < -0.4 is 10.4 Å². The zero-order chi connectivity index (χ0) is 26.5. The number of benzene rings is 3. The molecule has 1 fully saturated rings. The summed E-state index contributed by atoms with van der Waals surface area (Å²) in [7, 11) is -2.63. The van der Waals surface area contributed by atoms with Crippen molar-refractivity contribution in [2.75, 3.05) is 13.2 Å². The van der Waals surface area contributed by atoms with Gasteiger partial charge in [0.2, 0.25) is 0 Å². The average Bonchev–Trinajstić information content (AvgIpc) is 3.18. The van der Waals surface area contributed by atoms with Crippen molar-refractivity contribution >= 4 is 18.7 Å². The second-order valence-corrected chi connectivity index (χ2v) is 15.9. The van der Waals surface area contributed by atoms with Gasteiger partial charge in [0.05, 0.1) is 19.3 Å². The Balaban J connectivity index is 1.55. The van der Waals surface area contributed by atoms with E-state index in [1.165, 1.54) is 10.4 Å². The van der Waals surface area contributed by atoms with Crippen molar-refractivity contribution in [2.45, 2.75) is 51.9 Å². The first-order valence-electron chi connectivity index (χ1n) is 13.5. The van der Waals surface area contributed by atoms with Gasteiger partial charge in [0.15, 0.2) is 0 Å². The summed E-state index contributed by atoms with van der Waals surface area (Å²) in [5, 5.41) is 13.6. The lowest BCUT2D eigenvalue weighted by Gasteiger charge is -2.44. The van der Waals surface area contributed by atoms with Crippen LogP contribution in [0.25, 0.3) is 0 Å². The molecular weight excluding hydrogens is 472 g/mol. The molecule has 0 unspecified atom stereocenters. The highest BCUT2D eigenvalue weighted by Crippen LogP contribution is 2.42. The van der Waals surface area contributed by atoms with Crippen LogP contribution >= 0.6 is 0 Å². The van der Waals surface area contributed by atoms with Crippen LogP contribution in [-0.2, 0) is 15.8 Å².